The normalized spacial score (nSPS) is 10.3. The Kier molecular flexibility index (Phi) is 4.12. The van der Waals surface area contributed by atoms with Crippen LogP contribution in [0.15, 0.2) is 40.9 Å². The summed E-state index contributed by atoms with van der Waals surface area (Å²) in [7, 11) is 0. The van der Waals surface area contributed by atoms with Crippen LogP contribution in [0.3, 0.4) is 0 Å². The Morgan fingerprint density at radius 3 is 2.68 bits per heavy atom. The maximum Gasteiger partial charge on any atom is 0.257 e. The Labute approximate surface area is 124 Å². The molecule has 0 aliphatic carbocycles. The number of hydrogen-bond donors (Lipinski definition) is 2. The zero-order valence-corrected chi connectivity index (χ0v) is 12.5. The summed E-state index contributed by atoms with van der Waals surface area (Å²) < 4.78 is 0.852. The third kappa shape index (κ3) is 3.28. The van der Waals surface area contributed by atoms with Crippen molar-refractivity contribution in [3.8, 4) is 0 Å². The number of nitrogen functional groups attached to an aromatic ring is 1. The second-order valence-corrected chi connectivity index (χ2v) is 5.49. The molecule has 3 N–H and O–H groups in total. The predicted octanol–water partition coefficient (Wildman–Crippen LogP) is 4.25. The van der Waals surface area contributed by atoms with Gasteiger partial charge in [0, 0.05) is 10.2 Å². The molecule has 19 heavy (non-hydrogen) atoms. The number of rotatable bonds is 2. The fraction of sp³-hybridized carbons (Fsp3) is 0.0714. The molecule has 0 atom stereocenters. The molecule has 0 saturated carbocycles. The van der Waals surface area contributed by atoms with E-state index in [2.05, 4.69) is 21.2 Å². The van der Waals surface area contributed by atoms with Gasteiger partial charge in [0.1, 0.15) is 0 Å². The van der Waals surface area contributed by atoms with Crippen LogP contribution < -0.4 is 11.1 Å². The van der Waals surface area contributed by atoms with Crippen molar-refractivity contribution in [3.05, 3.63) is 57.0 Å². The van der Waals surface area contributed by atoms with Gasteiger partial charge in [-0.05, 0) is 37.3 Å². The van der Waals surface area contributed by atoms with Crippen LogP contribution >= 0.6 is 27.5 Å². The fourth-order valence-electron chi connectivity index (χ4n) is 1.65. The lowest BCUT2D eigenvalue weighted by Gasteiger charge is -2.10. The summed E-state index contributed by atoms with van der Waals surface area (Å²) in [5.41, 5.74) is 8.21. The van der Waals surface area contributed by atoms with Crippen LogP contribution in [-0.4, -0.2) is 5.91 Å². The zero-order valence-electron chi connectivity index (χ0n) is 10.2. The van der Waals surface area contributed by atoms with Crippen molar-refractivity contribution in [1.29, 1.82) is 0 Å². The number of halogens is 2. The van der Waals surface area contributed by atoms with Crippen LogP contribution in [0.25, 0.3) is 0 Å². The SMILES string of the molecule is Cc1ccc(N)c(C(=O)Nc2ccc(Br)cc2Cl)c1. The molecule has 5 heteroatoms. The van der Waals surface area contributed by atoms with Gasteiger partial charge in [0.2, 0.25) is 0 Å². The van der Waals surface area contributed by atoms with E-state index in [1.54, 1.807) is 30.3 Å². The van der Waals surface area contributed by atoms with Crippen molar-refractivity contribution in [2.24, 2.45) is 0 Å². The summed E-state index contributed by atoms with van der Waals surface area (Å²) in [5.74, 6) is -0.273. The maximum absolute atomic E-state index is 12.2. The highest BCUT2D eigenvalue weighted by Crippen LogP contribution is 2.26. The number of benzene rings is 2. The Morgan fingerprint density at radius 1 is 1.26 bits per heavy atom. The van der Waals surface area contributed by atoms with Crippen molar-refractivity contribution < 1.29 is 4.79 Å². The summed E-state index contributed by atoms with van der Waals surface area (Å²) in [6.07, 6.45) is 0. The van der Waals surface area contributed by atoms with Gasteiger partial charge in [-0.2, -0.15) is 0 Å². The van der Waals surface area contributed by atoms with Crippen molar-refractivity contribution in [2.45, 2.75) is 6.92 Å². The van der Waals surface area contributed by atoms with E-state index in [-0.39, 0.29) is 5.91 Å². The van der Waals surface area contributed by atoms with Gasteiger partial charge in [-0.25, -0.2) is 0 Å². The first-order valence-electron chi connectivity index (χ1n) is 5.60. The fourth-order valence-corrected chi connectivity index (χ4v) is 2.37. The van der Waals surface area contributed by atoms with Crippen molar-refractivity contribution in [1.82, 2.24) is 0 Å². The van der Waals surface area contributed by atoms with Crippen LogP contribution in [0.2, 0.25) is 5.02 Å². The number of nitrogens with one attached hydrogen (secondary N) is 1. The van der Waals surface area contributed by atoms with E-state index in [4.69, 9.17) is 17.3 Å². The average Bonchev–Trinajstić information content (AvgIpc) is 2.35. The van der Waals surface area contributed by atoms with Crippen LogP contribution in [0.4, 0.5) is 11.4 Å². The molecule has 3 nitrogen and oxygen atoms in total. The lowest BCUT2D eigenvalue weighted by atomic mass is 10.1. The molecule has 2 rings (SSSR count). The Hall–Kier alpha value is -1.52. The summed E-state index contributed by atoms with van der Waals surface area (Å²) in [6.45, 7) is 1.91. The van der Waals surface area contributed by atoms with Gasteiger partial charge in [0.25, 0.3) is 5.91 Å². The Balaban J connectivity index is 2.28. The van der Waals surface area contributed by atoms with Crippen molar-refractivity contribution in [3.63, 3.8) is 0 Å². The van der Waals surface area contributed by atoms with Gasteiger partial charge in [-0.3, -0.25) is 4.79 Å². The maximum atomic E-state index is 12.2. The topological polar surface area (TPSA) is 55.1 Å². The van der Waals surface area contributed by atoms with E-state index >= 15 is 0 Å². The molecule has 0 aliphatic rings. The van der Waals surface area contributed by atoms with Crippen LogP contribution in [-0.2, 0) is 0 Å². The third-order valence-electron chi connectivity index (χ3n) is 2.63. The molecular formula is C14H12BrClN2O. The van der Waals surface area contributed by atoms with E-state index in [9.17, 15) is 4.79 Å². The van der Waals surface area contributed by atoms with E-state index < -0.39 is 0 Å². The molecule has 2 aromatic rings. The summed E-state index contributed by atoms with van der Waals surface area (Å²) in [4.78, 5) is 12.2. The Bertz CT molecular complexity index is 643. The Morgan fingerprint density at radius 2 is 2.00 bits per heavy atom. The molecular weight excluding hydrogens is 328 g/mol. The lowest BCUT2D eigenvalue weighted by molar-refractivity contribution is 0.102. The number of hydrogen-bond acceptors (Lipinski definition) is 2. The number of aryl methyl sites for hydroxylation is 1. The minimum atomic E-state index is -0.273. The highest BCUT2D eigenvalue weighted by Gasteiger charge is 2.12. The molecule has 0 heterocycles. The van der Waals surface area contributed by atoms with Crippen LogP contribution in [0, 0.1) is 6.92 Å². The minimum absolute atomic E-state index is 0.273. The summed E-state index contributed by atoms with van der Waals surface area (Å²) in [5, 5.41) is 3.22. The molecule has 0 spiro atoms. The second-order valence-electron chi connectivity index (χ2n) is 4.17. The van der Waals surface area contributed by atoms with E-state index in [0.29, 0.717) is 22.0 Å². The quantitative estimate of drug-likeness (QED) is 0.804. The number of anilines is 2. The highest BCUT2D eigenvalue weighted by atomic mass is 79.9. The van der Waals surface area contributed by atoms with Crippen LogP contribution in [0.5, 0.6) is 0 Å². The van der Waals surface area contributed by atoms with Gasteiger partial charge in [-0.15, -0.1) is 0 Å². The standard InChI is InChI=1S/C14H12BrClN2O/c1-8-2-4-12(17)10(6-8)14(19)18-13-5-3-9(15)7-11(13)16/h2-7H,17H2,1H3,(H,18,19). The molecule has 1 amide bonds. The van der Waals surface area contributed by atoms with Crippen molar-refractivity contribution >= 4 is 44.8 Å². The van der Waals surface area contributed by atoms with E-state index in [0.717, 1.165) is 10.0 Å². The molecule has 0 radical (unpaired) electrons. The number of nitrogens with two attached hydrogens (primary N) is 1. The molecule has 2 aromatic carbocycles. The first-order chi connectivity index (χ1) is 8.97. The first kappa shape index (κ1) is 13.9. The van der Waals surface area contributed by atoms with Gasteiger partial charge >= 0.3 is 0 Å². The lowest BCUT2D eigenvalue weighted by Crippen LogP contribution is -2.14. The van der Waals surface area contributed by atoms with Crippen molar-refractivity contribution in [2.75, 3.05) is 11.1 Å². The molecule has 0 unspecified atom stereocenters. The first-order valence-corrected chi connectivity index (χ1v) is 6.77. The number of carbonyl (C=O) groups excluding carboxylic acids is 1. The van der Waals surface area contributed by atoms with Gasteiger partial charge < -0.3 is 11.1 Å². The number of amides is 1. The zero-order chi connectivity index (χ0) is 14.0. The molecule has 0 aromatic heterocycles. The molecule has 0 bridgehead atoms. The molecule has 0 saturated heterocycles. The van der Waals surface area contributed by atoms with E-state index in [1.807, 2.05) is 13.0 Å². The van der Waals surface area contributed by atoms with Gasteiger partial charge in [-0.1, -0.05) is 39.2 Å². The van der Waals surface area contributed by atoms with Gasteiger partial charge in [0.15, 0.2) is 0 Å². The number of carbonyl (C=O) groups is 1. The monoisotopic (exact) mass is 338 g/mol. The van der Waals surface area contributed by atoms with E-state index in [1.165, 1.54) is 0 Å². The predicted molar refractivity (Wildman–Crippen MR) is 82.7 cm³/mol. The molecule has 98 valence electrons. The smallest absolute Gasteiger partial charge is 0.257 e. The molecule has 0 aliphatic heterocycles. The van der Waals surface area contributed by atoms with Crippen LogP contribution in [0.1, 0.15) is 15.9 Å². The average molecular weight is 340 g/mol. The highest BCUT2D eigenvalue weighted by molar-refractivity contribution is 9.10. The van der Waals surface area contributed by atoms with Gasteiger partial charge in [0.05, 0.1) is 16.3 Å². The largest absolute Gasteiger partial charge is 0.398 e. The third-order valence-corrected chi connectivity index (χ3v) is 3.44. The minimum Gasteiger partial charge on any atom is -0.398 e. The molecule has 0 fully saturated rings. The second kappa shape index (κ2) is 5.63. The summed E-state index contributed by atoms with van der Waals surface area (Å²) >= 11 is 9.37. The summed E-state index contributed by atoms with van der Waals surface area (Å²) in [6, 6.07) is 10.6.